The maximum atomic E-state index is 11.8. The van der Waals surface area contributed by atoms with Crippen LogP contribution < -0.4 is 21.1 Å². The van der Waals surface area contributed by atoms with E-state index in [0.717, 1.165) is 5.69 Å². The smallest absolute Gasteiger partial charge is 0.272 e. The number of hydrogen-bond acceptors (Lipinski definition) is 5. The molecule has 0 unspecified atom stereocenters. The molecule has 8 nitrogen and oxygen atoms in total. The number of benzene rings is 1. The van der Waals surface area contributed by atoms with Gasteiger partial charge in [0.1, 0.15) is 5.69 Å². The number of carbonyl (C=O) groups excluding carboxylic acids is 2. The molecule has 2 rings (SSSR count). The Hall–Kier alpha value is -3.16. The molecule has 0 aliphatic rings. The normalized spacial score (nSPS) is 10.0. The fourth-order valence-corrected chi connectivity index (χ4v) is 1.77. The van der Waals surface area contributed by atoms with Crippen LogP contribution in [0.4, 0.5) is 11.4 Å². The van der Waals surface area contributed by atoms with Gasteiger partial charge in [0.25, 0.3) is 11.5 Å². The van der Waals surface area contributed by atoms with Crippen LogP contribution in [0.1, 0.15) is 10.5 Å². The Morgan fingerprint density at radius 3 is 2.39 bits per heavy atom. The molecule has 0 spiro atoms. The van der Waals surface area contributed by atoms with Crippen molar-refractivity contribution >= 4 is 23.2 Å². The van der Waals surface area contributed by atoms with Crippen molar-refractivity contribution in [2.24, 2.45) is 0 Å². The monoisotopic (exact) mass is 315 g/mol. The molecule has 23 heavy (non-hydrogen) atoms. The lowest BCUT2D eigenvalue weighted by atomic mass is 10.2. The largest absolute Gasteiger partial charge is 0.378 e. The van der Waals surface area contributed by atoms with Crippen LogP contribution in [0.3, 0.4) is 0 Å². The Bertz CT molecular complexity index is 732. The molecule has 1 aromatic carbocycles. The predicted molar refractivity (Wildman–Crippen MR) is 86.6 cm³/mol. The number of aromatic amines is 1. The molecule has 0 atom stereocenters. The van der Waals surface area contributed by atoms with Crippen LogP contribution in [-0.2, 0) is 4.79 Å². The number of aromatic nitrogens is 2. The lowest BCUT2D eigenvalue weighted by molar-refractivity contribution is -0.115. The zero-order valence-electron chi connectivity index (χ0n) is 12.8. The predicted octanol–water partition coefficient (Wildman–Crippen LogP) is 0.204. The van der Waals surface area contributed by atoms with Gasteiger partial charge in [-0.1, -0.05) is 0 Å². The molecule has 1 heterocycles. The molecule has 120 valence electrons. The summed E-state index contributed by atoms with van der Waals surface area (Å²) in [5, 5.41) is 10.8. The highest BCUT2D eigenvalue weighted by Crippen LogP contribution is 2.15. The molecule has 0 fully saturated rings. The van der Waals surface area contributed by atoms with Crippen LogP contribution in [0, 0.1) is 0 Å². The lowest BCUT2D eigenvalue weighted by Crippen LogP contribution is -2.33. The molecule has 0 saturated heterocycles. The van der Waals surface area contributed by atoms with Crippen molar-refractivity contribution in [2.75, 3.05) is 30.9 Å². The van der Waals surface area contributed by atoms with Gasteiger partial charge in [0, 0.05) is 31.5 Å². The summed E-state index contributed by atoms with van der Waals surface area (Å²) in [4.78, 5) is 36.4. The minimum Gasteiger partial charge on any atom is -0.378 e. The number of rotatable bonds is 5. The molecular weight excluding hydrogens is 298 g/mol. The summed E-state index contributed by atoms with van der Waals surface area (Å²) >= 11 is 0. The third-order valence-electron chi connectivity index (χ3n) is 2.99. The molecule has 2 aromatic rings. The fraction of sp³-hybridized carbons (Fsp3) is 0.200. The van der Waals surface area contributed by atoms with Crippen LogP contribution in [0.15, 0.2) is 41.2 Å². The first-order chi connectivity index (χ1) is 11.0. The van der Waals surface area contributed by atoms with E-state index in [1.54, 1.807) is 12.1 Å². The zero-order valence-corrected chi connectivity index (χ0v) is 12.8. The van der Waals surface area contributed by atoms with E-state index in [0.29, 0.717) is 5.69 Å². The Kier molecular flexibility index (Phi) is 5.08. The minimum atomic E-state index is -0.542. The summed E-state index contributed by atoms with van der Waals surface area (Å²) in [6, 6.07) is 9.77. The maximum absolute atomic E-state index is 11.8. The van der Waals surface area contributed by atoms with Gasteiger partial charge in [0.2, 0.25) is 5.91 Å². The SMILES string of the molecule is CN(C)c1ccc(NC(=O)CNC(=O)c2ccc(=O)[nH]n2)cc1. The number of hydrogen-bond donors (Lipinski definition) is 3. The highest BCUT2D eigenvalue weighted by molar-refractivity contribution is 5.98. The molecule has 3 N–H and O–H groups in total. The highest BCUT2D eigenvalue weighted by atomic mass is 16.2. The average molecular weight is 315 g/mol. The van der Waals surface area contributed by atoms with E-state index >= 15 is 0 Å². The molecular formula is C15H17N5O3. The lowest BCUT2D eigenvalue weighted by Gasteiger charge is -2.13. The third kappa shape index (κ3) is 4.67. The topological polar surface area (TPSA) is 107 Å². The Morgan fingerprint density at radius 1 is 1.13 bits per heavy atom. The second kappa shape index (κ2) is 7.21. The number of anilines is 2. The van der Waals surface area contributed by atoms with E-state index in [-0.39, 0.29) is 18.1 Å². The highest BCUT2D eigenvalue weighted by Gasteiger charge is 2.09. The summed E-state index contributed by atoms with van der Waals surface area (Å²) in [5.74, 6) is -0.903. The van der Waals surface area contributed by atoms with E-state index in [1.165, 1.54) is 12.1 Å². The first kappa shape index (κ1) is 16.2. The molecule has 8 heteroatoms. The van der Waals surface area contributed by atoms with Crippen molar-refractivity contribution in [1.29, 1.82) is 0 Å². The Balaban J connectivity index is 1.86. The van der Waals surface area contributed by atoms with Gasteiger partial charge < -0.3 is 15.5 Å². The molecule has 2 amide bonds. The summed E-state index contributed by atoms with van der Waals surface area (Å²) in [7, 11) is 3.85. The van der Waals surface area contributed by atoms with Gasteiger partial charge in [-0.15, -0.1) is 0 Å². The summed E-state index contributed by atoms with van der Waals surface area (Å²) < 4.78 is 0. The van der Waals surface area contributed by atoms with Crippen molar-refractivity contribution in [2.45, 2.75) is 0 Å². The van der Waals surface area contributed by atoms with Crippen molar-refractivity contribution in [3.05, 3.63) is 52.4 Å². The van der Waals surface area contributed by atoms with E-state index in [9.17, 15) is 14.4 Å². The number of carbonyl (C=O) groups is 2. The summed E-state index contributed by atoms with van der Waals surface area (Å²) in [5.41, 5.74) is 1.28. The van der Waals surface area contributed by atoms with Gasteiger partial charge in [-0.25, -0.2) is 5.10 Å². The third-order valence-corrected chi connectivity index (χ3v) is 2.99. The van der Waals surface area contributed by atoms with E-state index in [2.05, 4.69) is 20.8 Å². The van der Waals surface area contributed by atoms with Crippen molar-refractivity contribution < 1.29 is 9.59 Å². The number of H-pyrrole nitrogens is 1. The number of nitrogens with one attached hydrogen (secondary N) is 3. The van der Waals surface area contributed by atoms with Crippen molar-refractivity contribution in [3.8, 4) is 0 Å². The summed E-state index contributed by atoms with van der Waals surface area (Å²) in [6.45, 7) is -0.199. The van der Waals surface area contributed by atoms with Gasteiger partial charge in [-0.05, 0) is 30.3 Å². The van der Waals surface area contributed by atoms with Crippen molar-refractivity contribution in [1.82, 2.24) is 15.5 Å². The molecule has 0 radical (unpaired) electrons. The zero-order chi connectivity index (χ0) is 16.8. The molecule has 0 aliphatic heterocycles. The standard InChI is InChI=1S/C15H17N5O3/c1-20(2)11-5-3-10(4-6-11)17-14(22)9-16-15(23)12-7-8-13(21)19-18-12/h3-8H,9H2,1-2H3,(H,16,23)(H,17,22)(H,19,21). The quantitative estimate of drug-likeness (QED) is 0.731. The Morgan fingerprint density at radius 2 is 1.83 bits per heavy atom. The minimum absolute atomic E-state index is 0.0349. The summed E-state index contributed by atoms with van der Waals surface area (Å²) in [6.07, 6.45) is 0. The van der Waals surface area contributed by atoms with Crippen LogP contribution in [0.25, 0.3) is 0 Å². The molecule has 0 bridgehead atoms. The van der Waals surface area contributed by atoms with E-state index < -0.39 is 11.5 Å². The second-order valence-electron chi connectivity index (χ2n) is 4.98. The number of nitrogens with zero attached hydrogens (tertiary/aromatic N) is 2. The van der Waals surface area contributed by atoms with Gasteiger partial charge in [0.15, 0.2) is 0 Å². The van der Waals surface area contributed by atoms with E-state index in [1.807, 2.05) is 31.1 Å². The van der Waals surface area contributed by atoms with Gasteiger partial charge in [-0.2, -0.15) is 5.10 Å². The average Bonchev–Trinajstić information content (AvgIpc) is 2.54. The van der Waals surface area contributed by atoms with Gasteiger partial charge in [0.05, 0.1) is 6.54 Å². The Labute approximate surface area is 132 Å². The molecule has 1 aromatic heterocycles. The van der Waals surface area contributed by atoms with Crippen LogP contribution >= 0.6 is 0 Å². The van der Waals surface area contributed by atoms with Crippen LogP contribution in [0.5, 0.6) is 0 Å². The molecule has 0 saturated carbocycles. The first-order valence-electron chi connectivity index (χ1n) is 6.87. The van der Waals surface area contributed by atoms with Crippen LogP contribution in [0.2, 0.25) is 0 Å². The fourth-order valence-electron chi connectivity index (χ4n) is 1.77. The van der Waals surface area contributed by atoms with Gasteiger partial charge in [-0.3, -0.25) is 14.4 Å². The number of amides is 2. The maximum Gasteiger partial charge on any atom is 0.272 e. The first-order valence-corrected chi connectivity index (χ1v) is 6.87. The molecule has 0 aliphatic carbocycles. The second-order valence-corrected chi connectivity index (χ2v) is 4.98. The van der Waals surface area contributed by atoms with Crippen molar-refractivity contribution in [3.63, 3.8) is 0 Å². The van der Waals surface area contributed by atoms with E-state index in [4.69, 9.17) is 0 Å². The van der Waals surface area contributed by atoms with Gasteiger partial charge >= 0.3 is 0 Å². The van der Waals surface area contributed by atoms with Crippen LogP contribution in [-0.4, -0.2) is 42.7 Å².